The molecule has 0 saturated carbocycles. The third-order valence-electron chi connectivity index (χ3n) is 6.37. The van der Waals surface area contributed by atoms with Gasteiger partial charge in [-0.3, -0.25) is 14.4 Å². The summed E-state index contributed by atoms with van der Waals surface area (Å²) in [6.45, 7) is 6.61. The molecule has 0 radical (unpaired) electrons. The van der Waals surface area contributed by atoms with Gasteiger partial charge in [-0.25, -0.2) is 9.59 Å². The molecule has 1 aliphatic rings. The number of hydrogen-bond donors (Lipinski definition) is 3. The van der Waals surface area contributed by atoms with Gasteiger partial charge in [0.1, 0.15) is 6.04 Å². The summed E-state index contributed by atoms with van der Waals surface area (Å²) in [5, 5.41) is 7.51. The number of ether oxygens (including phenoxy) is 1. The lowest BCUT2D eigenvalue weighted by atomic mass is 9.98. The van der Waals surface area contributed by atoms with Crippen molar-refractivity contribution in [2.75, 3.05) is 25.0 Å². The first kappa shape index (κ1) is 31.6. The highest BCUT2D eigenvalue weighted by atomic mass is 19.4. The van der Waals surface area contributed by atoms with Crippen LogP contribution in [0.3, 0.4) is 0 Å². The van der Waals surface area contributed by atoms with Crippen molar-refractivity contribution in [2.24, 2.45) is 11.8 Å². The number of ketones is 1. The van der Waals surface area contributed by atoms with E-state index in [0.29, 0.717) is 24.1 Å². The fraction of sp³-hybridized carbons (Fsp3) is 0.577. The highest BCUT2D eigenvalue weighted by Gasteiger charge is 2.46. The van der Waals surface area contributed by atoms with Gasteiger partial charge in [0, 0.05) is 18.8 Å². The first-order chi connectivity index (χ1) is 18.3. The molecular weight excluding hydrogens is 521 g/mol. The smallest absolute Gasteiger partial charge is 0.452 e. The normalized spacial score (nSPS) is 16.8. The van der Waals surface area contributed by atoms with Crippen LogP contribution < -0.4 is 16.0 Å². The summed E-state index contributed by atoms with van der Waals surface area (Å²) in [5.74, 6) is -5.17. The Balaban J connectivity index is 1.96. The minimum absolute atomic E-state index is 0.0475. The van der Waals surface area contributed by atoms with Crippen LogP contribution in [0.1, 0.15) is 57.3 Å². The van der Waals surface area contributed by atoms with E-state index < -0.39 is 53.8 Å². The van der Waals surface area contributed by atoms with Crippen LogP contribution in [0, 0.1) is 11.8 Å². The number of likely N-dealkylation sites (tertiary alicyclic amines) is 1. The molecule has 0 aliphatic carbocycles. The van der Waals surface area contributed by atoms with Crippen LogP contribution in [0.4, 0.5) is 23.7 Å². The number of carbonyl (C=O) groups excluding carboxylic acids is 5. The van der Waals surface area contributed by atoms with E-state index in [1.165, 1.54) is 30.9 Å². The average molecular weight is 557 g/mol. The molecular formula is C26H35F3N4O6. The molecule has 0 spiro atoms. The zero-order valence-corrected chi connectivity index (χ0v) is 22.4. The molecule has 1 saturated heterocycles. The molecule has 3 N–H and O–H groups in total. The van der Waals surface area contributed by atoms with Crippen molar-refractivity contribution in [1.82, 2.24) is 15.5 Å². The molecule has 3 atom stereocenters. The maximum atomic E-state index is 13.0. The van der Waals surface area contributed by atoms with Gasteiger partial charge in [-0.15, -0.1) is 0 Å². The number of alkyl halides is 3. The van der Waals surface area contributed by atoms with Gasteiger partial charge in [-0.05, 0) is 56.4 Å². The number of anilines is 1. The number of nitrogens with one attached hydrogen (secondary N) is 3. The predicted molar refractivity (Wildman–Crippen MR) is 136 cm³/mol. The van der Waals surface area contributed by atoms with E-state index in [2.05, 4.69) is 16.0 Å². The summed E-state index contributed by atoms with van der Waals surface area (Å²) in [6.07, 6.45) is -4.05. The Hall–Kier alpha value is -3.64. The summed E-state index contributed by atoms with van der Waals surface area (Å²) in [5.41, 5.74) is 0.781. The van der Waals surface area contributed by atoms with Crippen LogP contribution in [0.25, 0.3) is 0 Å². The van der Waals surface area contributed by atoms with Gasteiger partial charge in [-0.2, -0.15) is 13.2 Å². The van der Waals surface area contributed by atoms with Crippen molar-refractivity contribution in [3.8, 4) is 0 Å². The number of hydrogen-bond acceptors (Lipinski definition) is 6. The highest BCUT2D eigenvalue weighted by Crippen LogP contribution is 2.23. The number of amides is 4. The number of benzene rings is 1. The Labute approximate surface area is 225 Å². The van der Waals surface area contributed by atoms with E-state index in [0.717, 1.165) is 0 Å². The summed E-state index contributed by atoms with van der Waals surface area (Å²) >= 11 is 0. The fourth-order valence-corrected chi connectivity index (χ4v) is 4.13. The predicted octanol–water partition coefficient (Wildman–Crippen LogP) is 3.27. The van der Waals surface area contributed by atoms with Gasteiger partial charge in [0.05, 0.1) is 24.1 Å². The van der Waals surface area contributed by atoms with Crippen molar-refractivity contribution < 1.29 is 41.9 Å². The first-order valence-corrected chi connectivity index (χ1v) is 12.8. The summed E-state index contributed by atoms with van der Waals surface area (Å²) in [6, 6.07) is 2.69. The standard InChI is InChI=1S/C26H35F3N4O6/c1-5-16(22(35)31-18-11-9-17(10-12-18)24(37)39-6-2)14-30-25(38)33-13-7-8-19(33)23(36)32-20(15(3)4)21(34)26(27,28)29/h9-12,15-16,19-20H,5-8,13-14H2,1-4H3,(H,30,38)(H,31,35)(H,32,36)/t16?,19-,20?/m0/s1. The molecule has 4 amide bonds. The van der Waals surface area contributed by atoms with Gasteiger partial charge in [0.25, 0.3) is 5.78 Å². The third-order valence-corrected chi connectivity index (χ3v) is 6.37. The first-order valence-electron chi connectivity index (χ1n) is 12.8. The molecule has 1 aliphatic heterocycles. The van der Waals surface area contributed by atoms with Gasteiger partial charge in [0.2, 0.25) is 11.8 Å². The molecule has 0 bridgehead atoms. The van der Waals surface area contributed by atoms with Crippen LogP contribution in [0.15, 0.2) is 24.3 Å². The fourth-order valence-electron chi connectivity index (χ4n) is 4.13. The van der Waals surface area contributed by atoms with Crippen LogP contribution in [0.5, 0.6) is 0 Å². The van der Waals surface area contributed by atoms with Crippen molar-refractivity contribution in [1.29, 1.82) is 0 Å². The maximum Gasteiger partial charge on any atom is 0.452 e. The Kier molecular flexibility index (Phi) is 11.3. The molecule has 2 rings (SSSR count). The lowest BCUT2D eigenvalue weighted by Crippen LogP contribution is -2.56. The molecule has 0 aromatic heterocycles. The van der Waals surface area contributed by atoms with Gasteiger partial charge < -0.3 is 25.6 Å². The minimum Gasteiger partial charge on any atom is -0.462 e. The average Bonchev–Trinajstić information content (AvgIpc) is 3.37. The summed E-state index contributed by atoms with van der Waals surface area (Å²) in [7, 11) is 0. The SMILES string of the molecule is CCOC(=O)c1ccc(NC(=O)C(CC)CNC(=O)N2CCC[C@H]2C(=O)NC(C(=O)C(F)(F)F)C(C)C)cc1. The van der Waals surface area contributed by atoms with Crippen LogP contribution in [-0.4, -0.2) is 72.5 Å². The number of carbonyl (C=O) groups is 5. The van der Waals surface area contributed by atoms with Gasteiger partial charge in [-0.1, -0.05) is 20.8 Å². The second kappa shape index (κ2) is 13.9. The quantitative estimate of drug-likeness (QED) is 0.358. The van der Waals surface area contributed by atoms with Crippen molar-refractivity contribution in [3.05, 3.63) is 29.8 Å². The van der Waals surface area contributed by atoms with E-state index in [1.54, 1.807) is 26.0 Å². The minimum atomic E-state index is -5.10. The molecule has 1 aromatic rings. The Morgan fingerprint density at radius 1 is 1.08 bits per heavy atom. The molecule has 216 valence electrons. The van der Waals surface area contributed by atoms with Crippen LogP contribution in [-0.2, 0) is 19.1 Å². The third kappa shape index (κ3) is 8.69. The second-order valence-electron chi connectivity index (χ2n) is 9.52. The zero-order chi connectivity index (χ0) is 29.3. The number of halogens is 3. The van der Waals surface area contributed by atoms with Gasteiger partial charge >= 0.3 is 18.2 Å². The molecule has 13 heteroatoms. The monoisotopic (exact) mass is 556 g/mol. The van der Waals surface area contributed by atoms with Crippen molar-refractivity contribution in [3.63, 3.8) is 0 Å². The van der Waals surface area contributed by atoms with E-state index in [-0.39, 0.29) is 32.0 Å². The maximum absolute atomic E-state index is 13.0. The summed E-state index contributed by atoms with van der Waals surface area (Å²) < 4.78 is 43.8. The van der Waals surface area contributed by atoms with E-state index >= 15 is 0 Å². The molecule has 1 heterocycles. The second-order valence-corrected chi connectivity index (χ2v) is 9.52. The van der Waals surface area contributed by atoms with E-state index in [9.17, 15) is 37.1 Å². The largest absolute Gasteiger partial charge is 0.462 e. The number of nitrogens with zero attached hydrogens (tertiary/aromatic N) is 1. The van der Waals surface area contributed by atoms with E-state index in [1.807, 2.05) is 0 Å². The van der Waals surface area contributed by atoms with Crippen molar-refractivity contribution >= 4 is 35.3 Å². The Morgan fingerprint density at radius 2 is 1.72 bits per heavy atom. The molecule has 2 unspecified atom stereocenters. The topological polar surface area (TPSA) is 134 Å². The Bertz CT molecular complexity index is 1050. The van der Waals surface area contributed by atoms with Crippen LogP contribution in [0.2, 0.25) is 0 Å². The highest BCUT2D eigenvalue weighted by molar-refractivity contribution is 5.96. The van der Waals surface area contributed by atoms with Crippen molar-refractivity contribution in [2.45, 2.75) is 65.2 Å². The summed E-state index contributed by atoms with van der Waals surface area (Å²) in [4.78, 5) is 63.1. The Morgan fingerprint density at radius 3 is 2.26 bits per heavy atom. The van der Waals surface area contributed by atoms with Gasteiger partial charge in [0.15, 0.2) is 0 Å². The number of esters is 1. The number of urea groups is 1. The molecule has 1 fully saturated rings. The number of Topliss-reactive ketones (excluding diaryl/α,β-unsaturated/α-hetero) is 1. The molecule has 10 nitrogen and oxygen atoms in total. The van der Waals surface area contributed by atoms with E-state index in [4.69, 9.17) is 4.74 Å². The van der Waals surface area contributed by atoms with Crippen LogP contribution >= 0.6 is 0 Å². The molecule has 1 aromatic carbocycles. The lowest BCUT2D eigenvalue weighted by molar-refractivity contribution is -0.175. The molecule has 39 heavy (non-hydrogen) atoms. The number of rotatable bonds is 11. The lowest BCUT2D eigenvalue weighted by Gasteiger charge is -2.28. The zero-order valence-electron chi connectivity index (χ0n) is 22.4.